The fourth-order valence-electron chi connectivity index (χ4n) is 2.97. The number of benzene rings is 2. The molecule has 0 atom stereocenters. The average molecular weight is 338 g/mol. The molecule has 2 amide bonds. The molecule has 3 N–H and O–H groups in total. The number of hydrogen-bond acceptors (Lipinski definition) is 3. The minimum atomic E-state index is -0.445. The minimum absolute atomic E-state index is 0.0273. The van der Waals surface area contributed by atoms with Crippen LogP contribution in [0.2, 0.25) is 0 Å². The number of carbonyl (C=O) groups is 2. The zero-order valence-electron chi connectivity index (χ0n) is 14.0. The number of amides is 2. The first-order chi connectivity index (χ1) is 12.1. The highest BCUT2D eigenvalue weighted by atomic mass is 16.5. The molecule has 130 valence electrons. The van der Waals surface area contributed by atoms with Gasteiger partial charge in [0.05, 0.1) is 0 Å². The van der Waals surface area contributed by atoms with Gasteiger partial charge in [-0.2, -0.15) is 0 Å². The van der Waals surface area contributed by atoms with Crippen molar-refractivity contribution in [1.82, 2.24) is 5.32 Å². The van der Waals surface area contributed by atoms with Crippen LogP contribution in [0, 0.1) is 0 Å². The fraction of sp³-hybridized carbons (Fsp3) is 0.300. The second-order valence-electron chi connectivity index (χ2n) is 6.33. The van der Waals surface area contributed by atoms with E-state index in [0.717, 1.165) is 18.4 Å². The SMILES string of the molecule is NC(=O)c1ccc(COc2ccc(C(=O)NC3CCCC3)cc2)cc1. The Morgan fingerprint density at radius 2 is 1.56 bits per heavy atom. The Morgan fingerprint density at radius 3 is 2.16 bits per heavy atom. The molecule has 0 radical (unpaired) electrons. The molecule has 1 saturated carbocycles. The minimum Gasteiger partial charge on any atom is -0.489 e. The van der Waals surface area contributed by atoms with E-state index in [0.29, 0.717) is 29.5 Å². The molecule has 0 heterocycles. The van der Waals surface area contributed by atoms with Crippen molar-refractivity contribution in [2.75, 3.05) is 0 Å². The normalized spacial score (nSPS) is 14.2. The maximum absolute atomic E-state index is 12.2. The number of primary amides is 1. The zero-order valence-corrected chi connectivity index (χ0v) is 14.0. The van der Waals surface area contributed by atoms with Crippen molar-refractivity contribution in [2.24, 2.45) is 5.73 Å². The smallest absolute Gasteiger partial charge is 0.251 e. The van der Waals surface area contributed by atoms with Crippen molar-refractivity contribution in [3.8, 4) is 5.75 Å². The summed E-state index contributed by atoms with van der Waals surface area (Å²) in [6, 6.07) is 14.4. The first-order valence-electron chi connectivity index (χ1n) is 8.54. The highest BCUT2D eigenvalue weighted by molar-refractivity contribution is 5.94. The van der Waals surface area contributed by atoms with Gasteiger partial charge in [-0.3, -0.25) is 9.59 Å². The van der Waals surface area contributed by atoms with Crippen LogP contribution in [0.5, 0.6) is 5.75 Å². The van der Waals surface area contributed by atoms with Crippen LogP contribution in [0.1, 0.15) is 52.0 Å². The summed E-state index contributed by atoms with van der Waals surface area (Å²) in [5.74, 6) is 0.218. The van der Waals surface area contributed by atoms with E-state index in [1.54, 1.807) is 36.4 Å². The standard InChI is InChI=1S/C20H22N2O3/c21-19(23)15-7-5-14(6-8-15)13-25-18-11-9-16(10-12-18)20(24)22-17-3-1-2-4-17/h5-12,17H,1-4,13H2,(H2,21,23)(H,22,24). The number of carbonyl (C=O) groups excluding carboxylic acids is 2. The predicted molar refractivity (Wildman–Crippen MR) is 95.5 cm³/mol. The molecule has 2 aromatic rings. The van der Waals surface area contributed by atoms with Crippen LogP contribution in [0.25, 0.3) is 0 Å². The molecule has 0 bridgehead atoms. The van der Waals surface area contributed by atoms with Crippen molar-refractivity contribution in [1.29, 1.82) is 0 Å². The van der Waals surface area contributed by atoms with Gasteiger partial charge in [0.2, 0.25) is 5.91 Å². The lowest BCUT2D eigenvalue weighted by Crippen LogP contribution is -2.32. The molecular formula is C20H22N2O3. The lowest BCUT2D eigenvalue weighted by molar-refractivity contribution is 0.0936. The number of rotatable bonds is 6. The molecule has 25 heavy (non-hydrogen) atoms. The van der Waals surface area contributed by atoms with Crippen LogP contribution in [0.3, 0.4) is 0 Å². The highest BCUT2D eigenvalue weighted by Gasteiger charge is 2.17. The summed E-state index contributed by atoms with van der Waals surface area (Å²) in [6.45, 7) is 0.382. The predicted octanol–water partition coefficient (Wildman–Crippen LogP) is 3.04. The fourth-order valence-corrected chi connectivity index (χ4v) is 2.97. The molecule has 1 aliphatic rings. The van der Waals surface area contributed by atoms with Gasteiger partial charge in [0, 0.05) is 17.2 Å². The van der Waals surface area contributed by atoms with E-state index in [4.69, 9.17) is 10.5 Å². The Kier molecular flexibility index (Phi) is 5.33. The number of hydrogen-bond donors (Lipinski definition) is 2. The summed E-state index contributed by atoms with van der Waals surface area (Å²) < 4.78 is 5.71. The monoisotopic (exact) mass is 338 g/mol. The second-order valence-corrected chi connectivity index (χ2v) is 6.33. The number of nitrogens with one attached hydrogen (secondary N) is 1. The summed E-state index contributed by atoms with van der Waals surface area (Å²) >= 11 is 0. The van der Waals surface area contributed by atoms with Gasteiger partial charge in [0.1, 0.15) is 12.4 Å². The number of ether oxygens (including phenoxy) is 1. The second kappa shape index (κ2) is 7.83. The highest BCUT2D eigenvalue weighted by Crippen LogP contribution is 2.19. The van der Waals surface area contributed by atoms with Crippen LogP contribution in [-0.4, -0.2) is 17.9 Å². The summed E-state index contributed by atoms with van der Waals surface area (Å²) in [5.41, 5.74) is 7.27. The third-order valence-electron chi connectivity index (χ3n) is 4.45. The first-order valence-corrected chi connectivity index (χ1v) is 8.54. The number of nitrogens with two attached hydrogens (primary N) is 1. The quantitative estimate of drug-likeness (QED) is 0.849. The average Bonchev–Trinajstić information content (AvgIpc) is 3.13. The van der Waals surface area contributed by atoms with Gasteiger partial charge >= 0.3 is 0 Å². The van der Waals surface area contributed by atoms with E-state index in [-0.39, 0.29) is 5.91 Å². The van der Waals surface area contributed by atoms with Gasteiger partial charge in [0.25, 0.3) is 5.91 Å². The van der Waals surface area contributed by atoms with Crippen LogP contribution in [0.15, 0.2) is 48.5 Å². The molecule has 0 aliphatic heterocycles. The maximum Gasteiger partial charge on any atom is 0.251 e. The van der Waals surface area contributed by atoms with Crippen molar-refractivity contribution < 1.29 is 14.3 Å². The topological polar surface area (TPSA) is 81.4 Å². The van der Waals surface area contributed by atoms with Crippen LogP contribution in [-0.2, 0) is 6.61 Å². The van der Waals surface area contributed by atoms with Gasteiger partial charge in [-0.25, -0.2) is 0 Å². The van der Waals surface area contributed by atoms with Crippen LogP contribution < -0.4 is 15.8 Å². The van der Waals surface area contributed by atoms with E-state index >= 15 is 0 Å². The largest absolute Gasteiger partial charge is 0.489 e. The molecule has 0 aromatic heterocycles. The van der Waals surface area contributed by atoms with Gasteiger partial charge in [-0.1, -0.05) is 25.0 Å². The third-order valence-corrected chi connectivity index (χ3v) is 4.45. The molecule has 0 saturated heterocycles. The van der Waals surface area contributed by atoms with Crippen LogP contribution in [0.4, 0.5) is 0 Å². The molecule has 1 aliphatic carbocycles. The van der Waals surface area contributed by atoms with Crippen molar-refractivity contribution >= 4 is 11.8 Å². The Balaban J connectivity index is 1.53. The molecule has 2 aromatic carbocycles. The van der Waals surface area contributed by atoms with E-state index in [9.17, 15) is 9.59 Å². The summed E-state index contributed by atoms with van der Waals surface area (Å²) in [4.78, 5) is 23.2. The van der Waals surface area contributed by atoms with Gasteiger partial charge in [-0.15, -0.1) is 0 Å². The molecule has 5 nitrogen and oxygen atoms in total. The first kappa shape index (κ1) is 17.0. The van der Waals surface area contributed by atoms with Gasteiger partial charge in [0.15, 0.2) is 0 Å². The lowest BCUT2D eigenvalue weighted by Gasteiger charge is -2.12. The van der Waals surface area contributed by atoms with Crippen LogP contribution >= 0.6 is 0 Å². The van der Waals surface area contributed by atoms with E-state index in [1.807, 2.05) is 12.1 Å². The Morgan fingerprint density at radius 1 is 0.960 bits per heavy atom. The summed E-state index contributed by atoms with van der Waals surface area (Å²) in [6.07, 6.45) is 4.53. The van der Waals surface area contributed by atoms with Gasteiger partial charge in [-0.05, 0) is 54.8 Å². The Bertz CT molecular complexity index is 733. The van der Waals surface area contributed by atoms with E-state index in [1.165, 1.54) is 12.8 Å². The summed E-state index contributed by atoms with van der Waals surface area (Å²) in [7, 11) is 0. The molecular weight excluding hydrogens is 316 g/mol. The third kappa shape index (κ3) is 4.59. The van der Waals surface area contributed by atoms with Crippen molar-refractivity contribution in [2.45, 2.75) is 38.3 Å². The Hall–Kier alpha value is -2.82. The molecule has 0 spiro atoms. The van der Waals surface area contributed by atoms with Gasteiger partial charge < -0.3 is 15.8 Å². The lowest BCUT2D eigenvalue weighted by atomic mass is 10.1. The summed E-state index contributed by atoms with van der Waals surface area (Å²) in [5, 5.41) is 3.07. The van der Waals surface area contributed by atoms with Crippen molar-refractivity contribution in [3.63, 3.8) is 0 Å². The Labute approximate surface area is 147 Å². The molecule has 3 rings (SSSR count). The molecule has 1 fully saturated rings. The van der Waals surface area contributed by atoms with E-state index < -0.39 is 5.91 Å². The zero-order chi connectivity index (χ0) is 17.6. The molecule has 5 heteroatoms. The maximum atomic E-state index is 12.2. The van der Waals surface area contributed by atoms with E-state index in [2.05, 4.69) is 5.32 Å². The van der Waals surface area contributed by atoms with Crippen molar-refractivity contribution in [3.05, 3.63) is 65.2 Å². The molecule has 0 unspecified atom stereocenters.